The summed E-state index contributed by atoms with van der Waals surface area (Å²) in [5, 5.41) is 13.0. The maximum Gasteiger partial charge on any atom is 0.270 e. The van der Waals surface area contributed by atoms with Gasteiger partial charge in [0.2, 0.25) is 0 Å². The summed E-state index contributed by atoms with van der Waals surface area (Å²) in [7, 11) is 0. The van der Waals surface area contributed by atoms with Crippen molar-refractivity contribution >= 4 is 15.9 Å². The molecule has 1 aromatic carbocycles. The maximum absolute atomic E-state index is 11.4. The van der Waals surface area contributed by atoms with Gasteiger partial charge in [-0.25, -0.2) is 4.68 Å². The van der Waals surface area contributed by atoms with Gasteiger partial charge in [-0.2, -0.15) is 5.10 Å². The van der Waals surface area contributed by atoms with Crippen LogP contribution in [0.2, 0.25) is 0 Å². The van der Waals surface area contributed by atoms with E-state index < -0.39 is 6.73 Å². The molecule has 2 rings (SSSR count). The van der Waals surface area contributed by atoms with Crippen molar-refractivity contribution in [2.45, 2.75) is 6.73 Å². The van der Waals surface area contributed by atoms with Crippen LogP contribution in [0.3, 0.4) is 0 Å². The lowest BCUT2D eigenvalue weighted by Gasteiger charge is -2.06. The third-order valence-corrected chi connectivity index (χ3v) is 2.74. The van der Waals surface area contributed by atoms with E-state index in [4.69, 9.17) is 5.11 Å². The number of halogens is 1. The molecule has 0 saturated heterocycles. The smallest absolute Gasteiger partial charge is 0.270 e. The third-order valence-electron chi connectivity index (χ3n) is 2.13. The standard InChI is InChI=1S/C11H9BrN2O2/c12-9-6-10(16)14(7-15)13-11(9)8-4-2-1-3-5-8/h1-6,15H,7H2. The number of rotatable bonds is 2. The Hall–Kier alpha value is -1.46. The molecule has 1 aromatic heterocycles. The van der Waals surface area contributed by atoms with E-state index in [1.807, 2.05) is 30.3 Å². The fraction of sp³-hybridized carbons (Fsp3) is 0.0909. The molecule has 4 nitrogen and oxygen atoms in total. The van der Waals surface area contributed by atoms with Gasteiger partial charge in [-0.05, 0) is 15.9 Å². The highest BCUT2D eigenvalue weighted by molar-refractivity contribution is 9.10. The Labute approximate surface area is 100 Å². The summed E-state index contributed by atoms with van der Waals surface area (Å²) in [5.74, 6) is 0. The van der Waals surface area contributed by atoms with Crippen molar-refractivity contribution in [3.8, 4) is 11.3 Å². The molecule has 5 heteroatoms. The molecule has 0 fully saturated rings. The molecule has 0 spiro atoms. The molecule has 0 amide bonds. The lowest BCUT2D eigenvalue weighted by atomic mass is 10.1. The first-order valence-corrected chi connectivity index (χ1v) is 5.45. The van der Waals surface area contributed by atoms with E-state index in [0.717, 1.165) is 10.2 Å². The molecule has 0 saturated carbocycles. The van der Waals surface area contributed by atoms with E-state index in [2.05, 4.69) is 21.0 Å². The second-order valence-electron chi connectivity index (χ2n) is 3.19. The molecular weight excluding hydrogens is 272 g/mol. The highest BCUT2D eigenvalue weighted by Gasteiger charge is 2.07. The minimum absolute atomic E-state index is 0.339. The fourth-order valence-corrected chi connectivity index (χ4v) is 1.87. The summed E-state index contributed by atoms with van der Waals surface area (Å²) < 4.78 is 1.63. The van der Waals surface area contributed by atoms with Crippen molar-refractivity contribution in [3.05, 3.63) is 51.2 Å². The lowest BCUT2D eigenvalue weighted by molar-refractivity contribution is 0.189. The third kappa shape index (κ3) is 2.05. The highest BCUT2D eigenvalue weighted by atomic mass is 79.9. The fourth-order valence-electron chi connectivity index (χ4n) is 1.36. The summed E-state index contributed by atoms with van der Waals surface area (Å²) >= 11 is 3.29. The predicted octanol–water partition coefficient (Wildman–Crippen LogP) is 1.62. The van der Waals surface area contributed by atoms with Gasteiger partial charge in [0, 0.05) is 11.6 Å². The Kier molecular flexibility index (Phi) is 3.17. The van der Waals surface area contributed by atoms with Gasteiger partial charge in [0.1, 0.15) is 12.4 Å². The van der Waals surface area contributed by atoms with Gasteiger partial charge in [0.05, 0.1) is 4.47 Å². The molecule has 0 radical (unpaired) electrons. The average molecular weight is 281 g/mol. The van der Waals surface area contributed by atoms with Crippen LogP contribution in [0.1, 0.15) is 0 Å². The lowest BCUT2D eigenvalue weighted by Crippen LogP contribution is -2.22. The minimum Gasteiger partial charge on any atom is -0.374 e. The van der Waals surface area contributed by atoms with E-state index in [1.54, 1.807) is 0 Å². The van der Waals surface area contributed by atoms with Crippen LogP contribution in [-0.2, 0) is 6.73 Å². The van der Waals surface area contributed by atoms with E-state index in [0.29, 0.717) is 10.2 Å². The SMILES string of the molecule is O=c1cc(Br)c(-c2ccccc2)nn1CO. The van der Waals surface area contributed by atoms with Crippen LogP contribution < -0.4 is 5.56 Å². The Morgan fingerprint density at radius 1 is 1.31 bits per heavy atom. The maximum atomic E-state index is 11.4. The summed E-state index contributed by atoms with van der Waals surface area (Å²) in [6.45, 7) is -0.425. The van der Waals surface area contributed by atoms with Crippen LogP contribution in [0.5, 0.6) is 0 Å². The van der Waals surface area contributed by atoms with E-state index in [-0.39, 0.29) is 5.56 Å². The van der Waals surface area contributed by atoms with Gasteiger partial charge in [-0.3, -0.25) is 4.79 Å². The zero-order chi connectivity index (χ0) is 11.5. The number of aromatic nitrogens is 2. The molecule has 82 valence electrons. The molecule has 16 heavy (non-hydrogen) atoms. The first kappa shape index (κ1) is 11.0. The second kappa shape index (κ2) is 4.59. The Morgan fingerprint density at radius 3 is 2.62 bits per heavy atom. The number of nitrogens with zero attached hydrogens (tertiary/aromatic N) is 2. The molecule has 0 bridgehead atoms. The van der Waals surface area contributed by atoms with E-state index in [9.17, 15) is 4.79 Å². The Morgan fingerprint density at radius 2 is 2.00 bits per heavy atom. The molecule has 0 aliphatic rings. The topological polar surface area (TPSA) is 55.1 Å². The van der Waals surface area contributed by atoms with Gasteiger partial charge in [0.25, 0.3) is 5.56 Å². The van der Waals surface area contributed by atoms with Gasteiger partial charge < -0.3 is 5.11 Å². The largest absolute Gasteiger partial charge is 0.374 e. The molecule has 0 aliphatic carbocycles. The quantitative estimate of drug-likeness (QED) is 0.910. The summed E-state index contributed by atoms with van der Waals surface area (Å²) in [4.78, 5) is 11.4. The van der Waals surface area contributed by atoms with Crippen molar-refractivity contribution in [1.29, 1.82) is 0 Å². The van der Waals surface area contributed by atoms with Crippen LogP contribution in [-0.4, -0.2) is 14.9 Å². The molecule has 0 unspecified atom stereocenters. The molecular formula is C11H9BrN2O2. The van der Waals surface area contributed by atoms with Crippen molar-refractivity contribution in [2.75, 3.05) is 0 Å². The molecule has 0 aliphatic heterocycles. The number of benzene rings is 1. The zero-order valence-electron chi connectivity index (χ0n) is 8.30. The number of aliphatic hydroxyl groups is 1. The van der Waals surface area contributed by atoms with Gasteiger partial charge in [-0.15, -0.1) is 0 Å². The normalized spacial score (nSPS) is 10.4. The Balaban J connectivity index is 2.62. The van der Waals surface area contributed by atoms with Gasteiger partial charge in [-0.1, -0.05) is 30.3 Å². The molecule has 2 aromatic rings. The van der Waals surface area contributed by atoms with Crippen molar-refractivity contribution in [2.24, 2.45) is 0 Å². The number of hydrogen-bond donors (Lipinski definition) is 1. The first-order chi connectivity index (χ1) is 7.72. The van der Waals surface area contributed by atoms with Gasteiger partial charge >= 0.3 is 0 Å². The van der Waals surface area contributed by atoms with Gasteiger partial charge in [0.15, 0.2) is 0 Å². The monoisotopic (exact) mass is 280 g/mol. The predicted molar refractivity (Wildman–Crippen MR) is 63.9 cm³/mol. The summed E-state index contributed by atoms with van der Waals surface area (Å²) in [5.41, 5.74) is 1.18. The molecule has 1 heterocycles. The van der Waals surface area contributed by atoms with Crippen LogP contribution in [0.4, 0.5) is 0 Å². The van der Waals surface area contributed by atoms with Crippen LogP contribution in [0.15, 0.2) is 45.7 Å². The Bertz CT molecular complexity index is 552. The van der Waals surface area contributed by atoms with E-state index in [1.165, 1.54) is 6.07 Å². The van der Waals surface area contributed by atoms with Crippen molar-refractivity contribution in [1.82, 2.24) is 9.78 Å². The van der Waals surface area contributed by atoms with Crippen molar-refractivity contribution in [3.63, 3.8) is 0 Å². The number of hydrogen-bond acceptors (Lipinski definition) is 3. The van der Waals surface area contributed by atoms with Crippen LogP contribution in [0.25, 0.3) is 11.3 Å². The number of aliphatic hydroxyl groups excluding tert-OH is 1. The van der Waals surface area contributed by atoms with Crippen molar-refractivity contribution < 1.29 is 5.11 Å². The first-order valence-electron chi connectivity index (χ1n) is 4.66. The highest BCUT2D eigenvalue weighted by Crippen LogP contribution is 2.23. The summed E-state index contributed by atoms with van der Waals surface area (Å²) in [6.07, 6.45) is 0. The molecule has 0 atom stereocenters. The van der Waals surface area contributed by atoms with Crippen LogP contribution in [0, 0.1) is 0 Å². The second-order valence-corrected chi connectivity index (χ2v) is 4.04. The summed E-state index contributed by atoms with van der Waals surface area (Å²) in [6, 6.07) is 10.8. The van der Waals surface area contributed by atoms with Crippen LogP contribution >= 0.6 is 15.9 Å². The minimum atomic E-state index is -0.425. The average Bonchev–Trinajstić information content (AvgIpc) is 2.30. The van der Waals surface area contributed by atoms with E-state index >= 15 is 0 Å². The zero-order valence-corrected chi connectivity index (χ0v) is 9.89. The molecule has 1 N–H and O–H groups in total.